The van der Waals surface area contributed by atoms with E-state index in [0.717, 1.165) is 12.8 Å². The number of thiophene rings is 1. The van der Waals surface area contributed by atoms with Crippen molar-refractivity contribution in [2.24, 2.45) is 11.8 Å². The topological polar surface area (TPSA) is 69.7 Å². The molecule has 1 unspecified atom stereocenters. The van der Waals surface area contributed by atoms with E-state index in [1.165, 1.54) is 11.3 Å². The zero-order valence-corrected chi connectivity index (χ0v) is 18.3. The fourth-order valence-electron chi connectivity index (χ4n) is 3.69. The molecule has 1 saturated heterocycles. The molecule has 1 aromatic rings. The number of amides is 3. The van der Waals surface area contributed by atoms with Gasteiger partial charge in [0.2, 0.25) is 11.8 Å². The van der Waals surface area contributed by atoms with Crippen LogP contribution in [-0.2, 0) is 9.59 Å². The predicted octanol–water partition coefficient (Wildman–Crippen LogP) is 3.00. The fourth-order valence-corrected chi connectivity index (χ4v) is 4.32. The molecular weight excluding hydrogens is 374 g/mol. The number of carbonyl (C=O) groups is 3. The van der Waals surface area contributed by atoms with E-state index in [9.17, 15) is 14.4 Å². The molecule has 7 heteroatoms. The number of nitrogens with one attached hydrogen (secondary N) is 1. The Balaban J connectivity index is 2.08. The molecule has 0 aliphatic carbocycles. The maximum Gasteiger partial charge on any atom is 0.262 e. The van der Waals surface area contributed by atoms with E-state index in [-0.39, 0.29) is 23.6 Å². The third-order valence-corrected chi connectivity index (χ3v) is 6.19. The highest BCUT2D eigenvalue weighted by atomic mass is 32.1. The highest BCUT2D eigenvalue weighted by Gasteiger charge is 2.35. The van der Waals surface area contributed by atoms with E-state index in [4.69, 9.17) is 0 Å². The molecule has 0 saturated carbocycles. The summed E-state index contributed by atoms with van der Waals surface area (Å²) in [6, 6.07) is 3.06. The van der Waals surface area contributed by atoms with Crippen LogP contribution < -0.4 is 5.32 Å². The van der Waals surface area contributed by atoms with Gasteiger partial charge in [-0.15, -0.1) is 11.3 Å². The van der Waals surface area contributed by atoms with Gasteiger partial charge >= 0.3 is 0 Å². The van der Waals surface area contributed by atoms with Crippen LogP contribution in [0, 0.1) is 11.8 Å². The summed E-state index contributed by atoms with van der Waals surface area (Å²) in [5, 5.41) is 4.85. The first-order valence-corrected chi connectivity index (χ1v) is 11.2. The molecule has 0 aromatic carbocycles. The second-order valence-electron chi connectivity index (χ2n) is 7.76. The molecule has 6 nitrogen and oxygen atoms in total. The van der Waals surface area contributed by atoms with Crippen molar-refractivity contribution in [1.82, 2.24) is 15.1 Å². The summed E-state index contributed by atoms with van der Waals surface area (Å²) in [4.78, 5) is 42.3. The Morgan fingerprint density at radius 1 is 1.21 bits per heavy atom. The van der Waals surface area contributed by atoms with E-state index in [1.54, 1.807) is 11.0 Å². The van der Waals surface area contributed by atoms with Crippen LogP contribution >= 0.6 is 11.3 Å². The Hall–Kier alpha value is -1.89. The maximum absolute atomic E-state index is 13.1. The summed E-state index contributed by atoms with van der Waals surface area (Å²) in [5.41, 5.74) is 0. The van der Waals surface area contributed by atoms with Crippen LogP contribution in [0.3, 0.4) is 0 Å². The Morgan fingerprint density at radius 3 is 2.36 bits per heavy atom. The summed E-state index contributed by atoms with van der Waals surface area (Å²) in [5.74, 6) is 0.343. The van der Waals surface area contributed by atoms with Crippen LogP contribution in [-0.4, -0.2) is 59.7 Å². The smallest absolute Gasteiger partial charge is 0.262 e. The number of nitrogens with zero attached hydrogens (tertiary/aromatic N) is 2. The van der Waals surface area contributed by atoms with Crippen molar-refractivity contribution >= 4 is 29.1 Å². The highest BCUT2D eigenvalue weighted by Crippen LogP contribution is 2.24. The Morgan fingerprint density at radius 2 is 1.86 bits per heavy atom. The monoisotopic (exact) mass is 407 g/mol. The molecule has 1 aliphatic rings. The number of piperidine rings is 1. The van der Waals surface area contributed by atoms with Crippen molar-refractivity contribution in [3.05, 3.63) is 22.4 Å². The number of likely N-dealkylation sites (tertiary alicyclic amines) is 1. The zero-order valence-electron chi connectivity index (χ0n) is 17.4. The molecule has 1 aromatic heterocycles. The van der Waals surface area contributed by atoms with E-state index in [0.29, 0.717) is 43.4 Å². The van der Waals surface area contributed by atoms with E-state index in [2.05, 4.69) is 5.32 Å². The van der Waals surface area contributed by atoms with Gasteiger partial charge in [0.25, 0.3) is 5.91 Å². The molecule has 0 radical (unpaired) electrons. The van der Waals surface area contributed by atoms with Gasteiger partial charge in [-0.2, -0.15) is 0 Å². The van der Waals surface area contributed by atoms with E-state index in [1.807, 2.05) is 44.0 Å². The van der Waals surface area contributed by atoms with Gasteiger partial charge in [0, 0.05) is 32.6 Å². The molecule has 3 amide bonds. The molecule has 1 N–H and O–H groups in total. The molecule has 156 valence electrons. The number of hydrogen-bond acceptors (Lipinski definition) is 4. The number of rotatable bonds is 8. The second-order valence-corrected chi connectivity index (χ2v) is 8.70. The lowest BCUT2D eigenvalue weighted by Crippen LogP contribution is -2.54. The number of carbonyl (C=O) groups excluding carboxylic acids is 3. The van der Waals surface area contributed by atoms with Gasteiger partial charge in [-0.05, 0) is 50.0 Å². The van der Waals surface area contributed by atoms with Gasteiger partial charge < -0.3 is 15.1 Å². The fraction of sp³-hybridized carbons (Fsp3) is 0.667. The van der Waals surface area contributed by atoms with Crippen molar-refractivity contribution in [3.63, 3.8) is 0 Å². The minimum Gasteiger partial charge on any atom is -0.343 e. The van der Waals surface area contributed by atoms with Crippen LogP contribution in [0.5, 0.6) is 0 Å². The minimum absolute atomic E-state index is 0.0261. The first kappa shape index (κ1) is 22.4. The van der Waals surface area contributed by atoms with Crippen LogP contribution in [0.15, 0.2) is 17.5 Å². The second kappa shape index (κ2) is 10.6. The third kappa shape index (κ3) is 5.80. The van der Waals surface area contributed by atoms with Crippen molar-refractivity contribution in [2.45, 2.75) is 53.0 Å². The first-order chi connectivity index (χ1) is 13.4. The zero-order chi connectivity index (χ0) is 20.7. The van der Waals surface area contributed by atoms with Crippen molar-refractivity contribution in [3.8, 4) is 0 Å². The molecule has 2 rings (SSSR count). The molecule has 1 fully saturated rings. The summed E-state index contributed by atoms with van der Waals surface area (Å²) >= 11 is 1.37. The van der Waals surface area contributed by atoms with E-state index >= 15 is 0 Å². The highest BCUT2D eigenvalue weighted by molar-refractivity contribution is 7.12. The quantitative estimate of drug-likeness (QED) is 0.720. The van der Waals surface area contributed by atoms with Crippen LogP contribution in [0.2, 0.25) is 0 Å². The van der Waals surface area contributed by atoms with Crippen LogP contribution in [0.25, 0.3) is 0 Å². The SMILES string of the molecule is CCN(CC)C(=O)C(NC(=O)c1cccs1)C1CCN(C(=O)CC(C)C)CC1. The molecule has 1 atom stereocenters. The van der Waals surface area contributed by atoms with E-state index < -0.39 is 6.04 Å². The summed E-state index contributed by atoms with van der Waals surface area (Å²) in [6.07, 6.45) is 2.01. The molecular formula is C21H33N3O3S. The van der Waals surface area contributed by atoms with Crippen molar-refractivity contribution < 1.29 is 14.4 Å². The standard InChI is InChI=1S/C21H33N3O3S/c1-5-23(6-2)21(27)19(22-20(26)17-8-7-13-28-17)16-9-11-24(12-10-16)18(25)14-15(3)4/h7-8,13,15-16,19H,5-6,9-12,14H2,1-4H3,(H,22,26). The molecule has 28 heavy (non-hydrogen) atoms. The molecule has 2 heterocycles. The Kier molecular flexibility index (Phi) is 8.48. The largest absolute Gasteiger partial charge is 0.343 e. The normalized spacial score (nSPS) is 16.1. The summed E-state index contributed by atoms with van der Waals surface area (Å²) in [6.45, 7) is 10.5. The van der Waals surface area contributed by atoms with Crippen LogP contribution in [0.1, 0.15) is 56.6 Å². The van der Waals surface area contributed by atoms with Crippen molar-refractivity contribution in [1.29, 1.82) is 0 Å². The molecule has 0 spiro atoms. The lowest BCUT2D eigenvalue weighted by Gasteiger charge is -2.37. The minimum atomic E-state index is -0.545. The van der Waals surface area contributed by atoms with Gasteiger partial charge in [0.05, 0.1) is 4.88 Å². The summed E-state index contributed by atoms with van der Waals surface area (Å²) < 4.78 is 0. The van der Waals surface area contributed by atoms with Gasteiger partial charge in [-0.1, -0.05) is 19.9 Å². The van der Waals surface area contributed by atoms with Gasteiger partial charge in [-0.25, -0.2) is 0 Å². The average Bonchev–Trinajstić information content (AvgIpc) is 3.21. The number of likely N-dealkylation sites (N-methyl/N-ethyl adjacent to an activating group) is 1. The summed E-state index contributed by atoms with van der Waals surface area (Å²) in [7, 11) is 0. The first-order valence-electron chi connectivity index (χ1n) is 10.3. The maximum atomic E-state index is 13.1. The Labute approximate surface area is 172 Å². The lowest BCUT2D eigenvalue weighted by molar-refractivity contribution is -0.136. The van der Waals surface area contributed by atoms with Crippen molar-refractivity contribution in [2.75, 3.05) is 26.2 Å². The predicted molar refractivity (Wildman–Crippen MR) is 112 cm³/mol. The third-order valence-electron chi connectivity index (χ3n) is 5.32. The van der Waals surface area contributed by atoms with Gasteiger partial charge in [-0.3, -0.25) is 14.4 Å². The van der Waals surface area contributed by atoms with Crippen LogP contribution in [0.4, 0.5) is 0 Å². The lowest BCUT2D eigenvalue weighted by atomic mass is 9.88. The molecule has 1 aliphatic heterocycles. The Bertz CT molecular complexity index is 648. The number of hydrogen-bond donors (Lipinski definition) is 1. The average molecular weight is 408 g/mol. The van der Waals surface area contributed by atoms with Gasteiger partial charge in [0.1, 0.15) is 6.04 Å². The molecule has 0 bridgehead atoms. The van der Waals surface area contributed by atoms with Gasteiger partial charge in [0.15, 0.2) is 0 Å².